The molecule has 14 heavy (non-hydrogen) atoms. The highest BCUT2D eigenvalue weighted by Crippen LogP contribution is 2.20. The van der Waals surface area contributed by atoms with E-state index in [1.165, 1.54) is 13.8 Å². The van der Waals surface area contributed by atoms with Gasteiger partial charge < -0.3 is 5.11 Å². The summed E-state index contributed by atoms with van der Waals surface area (Å²) in [6.45, 7) is 6.98. The molecule has 1 nitrogen and oxygen atoms in total. The minimum Gasteiger partial charge on any atom is -0.389 e. The van der Waals surface area contributed by atoms with Crippen LogP contribution in [-0.2, 0) is 0 Å². The van der Waals surface area contributed by atoms with Gasteiger partial charge in [0.2, 0.25) is 0 Å². The largest absolute Gasteiger partial charge is 0.389 e. The Labute approximate surface area is 83.4 Å². The molecule has 0 aliphatic heterocycles. The lowest BCUT2D eigenvalue weighted by Crippen LogP contribution is -1.98. The first-order chi connectivity index (χ1) is 6.52. The van der Waals surface area contributed by atoms with E-state index >= 15 is 0 Å². The van der Waals surface area contributed by atoms with Crippen molar-refractivity contribution in [1.82, 2.24) is 0 Å². The third kappa shape index (κ3) is 3.07. The molecule has 0 saturated carbocycles. The zero-order chi connectivity index (χ0) is 11.3. The number of aliphatic hydroxyl groups is 1. The molecule has 1 atom stereocenters. The summed E-state index contributed by atoms with van der Waals surface area (Å²) in [5.41, 5.74) is 0.596. The van der Waals surface area contributed by atoms with Gasteiger partial charge in [-0.15, -0.1) is 0 Å². The molecule has 0 aliphatic carbocycles. The molecular weight excluding hydrogens is 186 g/mol. The molecule has 3 heteroatoms. The second kappa shape index (κ2) is 5.70. The van der Waals surface area contributed by atoms with E-state index in [1.807, 2.05) is 13.8 Å². The van der Waals surface area contributed by atoms with Crippen LogP contribution in [0.3, 0.4) is 0 Å². The molecule has 1 aromatic rings. The van der Waals surface area contributed by atoms with Crippen LogP contribution in [0.15, 0.2) is 12.1 Å². The van der Waals surface area contributed by atoms with Gasteiger partial charge in [-0.2, -0.15) is 0 Å². The van der Waals surface area contributed by atoms with Crippen molar-refractivity contribution in [3.63, 3.8) is 0 Å². The van der Waals surface area contributed by atoms with Crippen LogP contribution < -0.4 is 0 Å². The minimum absolute atomic E-state index is 0.298. The van der Waals surface area contributed by atoms with Crippen molar-refractivity contribution in [2.45, 2.75) is 33.8 Å². The van der Waals surface area contributed by atoms with Crippen molar-refractivity contribution in [3.8, 4) is 0 Å². The normalized spacial score (nSPS) is 11.6. The van der Waals surface area contributed by atoms with Gasteiger partial charge in [-0.05, 0) is 31.0 Å². The van der Waals surface area contributed by atoms with Crippen molar-refractivity contribution in [2.75, 3.05) is 0 Å². The number of benzene rings is 1. The van der Waals surface area contributed by atoms with Gasteiger partial charge in [0.05, 0.1) is 6.10 Å². The van der Waals surface area contributed by atoms with Gasteiger partial charge in [0.15, 0.2) is 0 Å². The van der Waals surface area contributed by atoms with Gasteiger partial charge in [0, 0.05) is 6.07 Å². The Balaban J connectivity index is 0.000000791. The van der Waals surface area contributed by atoms with E-state index in [2.05, 4.69) is 0 Å². The highest BCUT2D eigenvalue weighted by molar-refractivity contribution is 5.29. The van der Waals surface area contributed by atoms with Crippen LogP contribution in [0.4, 0.5) is 8.78 Å². The average Bonchev–Trinajstić information content (AvgIpc) is 2.14. The Hall–Kier alpha value is -0.960. The summed E-state index contributed by atoms with van der Waals surface area (Å²) in [5.74, 6) is -1.28. The summed E-state index contributed by atoms with van der Waals surface area (Å²) in [7, 11) is 0. The van der Waals surface area contributed by atoms with E-state index in [9.17, 15) is 8.78 Å². The summed E-state index contributed by atoms with van der Waals surface area (Å²) in [4.78, 5) is 0. The first-order valence-electron chi connectivity index (χ1n) is 4.66. The number of rotatable bonds is 1. The van der Waals surface area contributed by atoms with Gasteiger partial charge in [-0.1, -0.05) is 13.8 Å². The molecule has 1 unspecified atom stereocenters. The molecule has 0 saturated heterocycles. The van der Waals surface area contributed by atoms with E-state index in [0.717, 1.165) is 12.1 Å². The highest BCUT2D eigenvalue weighted by atomic mass is 19.1. The first-order valence-corrected chi connectivity index (χ1v) is 4.66. The average molecular weight is 202 g/mol. The fraction of sp³-hybridized carbons (Fsp3) is 0.455. The van der Waals surface area contributed by atoms with E-state index in [0.29, 0.717) is 11.1 Å². The topological polar surface area (TPSA) is 20.2 Å². The molecule has 0 radical (unpaired) electrons. The zero-order valence-electron chi connectivity index (χ0n) is 8.94. The van der Waals surface area contributed by atoms with Crippen molar-refractivity contribution in [3.05, 3.63) is 34.9 Å². The zero-order valence-corrected chi connectivity index (χ0v) is 8.94. The smallest absolute Gasteiger partial charge is 0.129 e. The molecule has 0 spiro atoms. The van der Waals surface area contributed by atoms with Gasteiger partial charge >= 0.3 is 0 Å². The second-order valence-corrected chi connectivity index (χ2v) is 2.78. The monoisotopic (exact) mass is 202 g/mol. The van der Waals surface area contributed by atoms with Crippen molar-refractivity contribution in [2.24, 2.45) is 0 Å². The van der Waals surface area contributed by atoms with E-state index in [-0.39, 0.29) is 0 Å². The first kappa shape index (κ1) is 13.0. The van der Waals surface area contributed by atoms with Gasteiger partial charge in [0.1, 0.15) is 11.6 Å². The predicted octanol–water partition coefficient (Wildman–Crippen LogP) is 3.35. The quantitative estimate of drug-likeness (QED) is 0.740. The molecular formula is C11H16F2O. The van der Waals surface area contributed by atoms with Crippen LogP contribution in [0.1, 0.15) is 38.0 Å². The fourth-order valence-corrected chi connectivity index (χ4v) is 1.10. The Morgan fingerprint density at radius 1 is 1.21 bits per heavy atom. The van der Waals surface area contributed by atoms with Crippen LogP contribution in [0.2, 0.25) is 0 Å². The molecule has 80 valence electrons. The van der Waals surface area contributed by atoms with Crippen LogP contribution >= 0.6 is 0 Å². The van der Waals surface area contributed by atoms with Gasteiger partial charge in [-0.3, -0.25) is 0 Å². The van der Waals surface area contributed by atoms with Crippen molar-refractivity contribution in [1.29, 1.82) is 0 Å². The molecule has 1 aromatic carbocycles. The van der Waals surface area contributed by atoms with Crippen LogP contribution in [-0.4, -0.2) is 5.11 Å². The van der Waals surface area contributed by atoms with Crippen molar-refractivity contribution < 1.29 is 13.9 Å². The predicted molar refractivity (Wildman–Crippen MR) is 53.1 cm³/mol. The van der Waals surface area contributed by atoms with Crippen LogP contribution in [0, 0.1) is 18.6 Å². The fourth-order valence-electron chi connectivity index (χ4n) is 1.10. The minimum atomic E-state index is -0.838. The van der Waals surface area contributed by atoms with Gasteiger partial charge in [0.25, 0.3) is 0 Å². The number of hydrogen-bond donors (Lipinski definition) is 1. The lowest BCUT2D eigenvalue weighted by Gasteiger charge is -2.09. The SMILES string of the molecule is CC.Cc1c(F)cc(F)cc1C(C)O. The maximum Gasteiger partial charge on any atom is 0.129 e. The lowest BCUT2D eigenvalue weighted by atomic mass is 10.0. The third-order valence-electron chi connectivity index (χ3n) is 1.80. The van der Waals surface area contributed by atoms with Crippen molar-refractivity contribution >= 4 is 0 Å². The molecule has 1 N–H and O–H groups in total. The standard InChI is InChI=1S/C9H10F2O.C2H6/c1-5-8(6(2)12)3-7(10)4-9(5)11;1-2/h3-4,6,12H,1-2H3;1-2H3. The molecule has 0 aromatic heterocycles. The maximum atomic E-state index is 12.8. The Kier molecular flexibility index (Phi) is 5.31. The van der Waals surface area contributed by atoms with Crippen LogP contribution in [0.5, 0.6) is 0 Å². The molecule has 0 aliphatic rings. The summed E-state index contributed by atoms with van der Waals surface area (Å²) >= 11 is 0. The maximum absolute atomic E-state index is 12.8. The molecule has 0 heterocycles. The highest BCUT2D eigenvalue weighted by Gasteiger charge is 2.10. The summed E-state index contributed by atoms with van der Waals surface area (Å²) in [6.07, 6.45) is -0.838. The molecule has 0 fully saturated rings. The Morgan fingerprint density at radius 2 is 1.71 bits per heavy atom. The Bertz CT molecular complexity index is 296. The number of aliphatic hydroxyl groups excluding tert-OH is 1. The molecule has 1 rings (SSSR count). The summed E-state index contributed by atoms with van der Waals surface area (Å²) < 4.78 is 25.5. The van der Waals surface area contributed by atoms with E-state index in [1.54, 1.807) is 0 Å². The van der Waals surface area contributed by atoms with Crippen LogP contribution in [0.25, 0.3) is 0 Å². The third-order valence-corrected chi connectivity index (χ3v) is 1.80. The lowest BCUT2D eigenvalue weighted by molar-refractivity contribution is 0.197. The summed E-state index contributed by atoms with van der Waals surface area (Å²) in [6, 6.07) is 1.95. The van der Waals surface area contributed by atoms with Gasteiger partial charge in [-0.25, -0.2) is 8.78 Å². The summed E-state index contributed by atoms with van der Waals surface area (Å²) in [5, 5.41) is 9.12. The van der Waals surface area contributed by atoms with E-state index < -0.39 is 17.7 Å². The van der Waals surface area contributed by atoms with E-state index in [4.69, 9.17) is 5.11 Å². The number of hydrogen-bond acceptors (Lipinski definition) is 1. The number of halogens is 2. The molecule has 0 amide bonds. The molecule has 0 bridgehead atoms. The Morgan fingerprint density at radius 3 is 2.14 bits per heavy atom. The second-order valence-electron chi connectivity index (χ2n) is 2.78.